The second-order valence-corrected chi connectivity index (χ2v) is 12.9. The van der Waals surface area contributed by atoms with E-state index in [1.54, 1.807) is 39.2 Å². The predicted octanol–water partition coefficient (Wildman–Crippen LogP) is 3.87. The van der Waals surface area contributed by atoms with Crippen LogP contribution in [0.3, 0.4) is 0 Å². The molecule has 2 amide bonds. The van der Waals surface area contributed by atoms with E-state index in [4.69, 9.17) is 0 Å². The molecule has 1 atom stereocenters. The lowest BCUT2D eigenvalue weighted by Gasteiger charge is -2.33. The minimum Gasteiger partial charge on any atom is -0.341 e. The first-order valence-corrected chi connectivity index (χ1v) is 14.5. The molecule has 0 unspecified atom stereocenters. The van der Waals surface area contributed by atoms with Gasteiger partial charge in [0.25, 0.3) is 0 Å². The average molecular weight is 494 g/mol. The molecular weight excluding hydrogens is 458 g/mol. The molecule has 0 bridgehead atoms. The van der Waals surface area contributed by atoms with Crippen LogP contribution in [0.5, 0.6) is 0 Å². The molecule has 1 saturated carbocycles. The van der Waals surface area contributed by atoms with Crippen LogP contribution in [0.4, 0.5) is 5.69 Å². The highest BCUT2D eigenvalue weighted by molar-refractivity contribution is 8.00. The van der Waals surface area contributed by atoms with Crippen LogP contribution in [0.2, 0.25) is 0 Å². The van der Waals surface area contributed by atoms with Crippen LogP contribution in [0.25, 0.3) is 0 Å². The van der Waals surface area contributed by atoms with Crippen molar-refractivity contribution in [2.45, 2.75) is 85.8 Å². The summed E-state index contributed by atoms with van der Waals surface area (Å²) in [7, 11) is -1.80. The number of carbonyl (C=O) groups is 2. The number of thioether (sulfide) groups is 1. The molecular formula is C24H35N3O4S2. The quantitative estimate of drug-likeness (QED) is 0.622. The van der Waals surface area contributed by atoms with Crippen molar-refractivity contribution in [3.8, 4) is 0 Å². The summed E-state index contributed by atoms with van der Waals surface area (Å²) in [6.07, 6.45) is 8.54. The molecule has 2 fully saturated rings. The number of nitrogens with zero attached hydrogens (tertiary/aromatic N) is 3. The van der Waals surface area contributed by atoms with Crippen molar-refractivity contribution in [1.29, 1.82) is 0 Å². The number of fused-ring (bicyclic) bond motifs is 1. The Labute approximate surface area is 201 Å². The van der Waals surface area contributed by atoms with E-state index in [-0.39, 0.29) is 34.5 Å². The summed E-state index contributed by atoms with van der Waals surface area (Å²) in [5, 5.41) is 0.0528. The van der Waals surface area contributed by atoms with Crippen LogP contribution in [-0.4, -0.2) is 67.4 Å². The largest absolute Gasteiger partial charge is 0.341 e. The van der Waals surface area contributed by atoms with Gasteiger partial charge in [-0.3, -0.25) is 9.59 Å². The smallest absolute Gasteiger partial charge is 0.243 e. The molecule has 7 nitrogen and oxygen atoms in total. The Kier molecular flexibility index (Phi) is 7.70. The fourth-order valence-electron chi connectivity index (χ4n) is 5.06. The first-order valence-electron chi connectivity index (χ1n) is 12.1. The molecule has 1 aromatic rings. The highest BCUT2D eigenvalue weighted by atomic mass is 32.2. The number of sulfonamides is 1. The number of piperidine rings is 1. The van der Waals surface area contributed by atoms with Crippen molar-refractivity contribution >= 4 is 39.3 Å². The lowest BCUT2D eigenvalue weighted by atomic mass is 9.94. The first kappa shape index (κ1) is 24.5. The van der Waals surface area contributed by atoms with Gasteiger partial charge >= 0.3 is 0 Å². The van der Waals surface area contributed by atoms with Gasteiger partial charge in [0.2, 0.25) is 21.8 Å². The number of carbonyl (C=O) groups excluding carboxylic acids is 2. The molecule has 1 aliphatic carbocycles. The molecule has 4 rings (SSSR count). The number of anilines is 1. The zero-order chi connectivity index (χ0) is 23.6. The lowest BCUT2D eigenvalue weighted by molar-refractivity contribution is -0.132. The molecule has 1 aromatic carbocycles. The fraction of sp³-hybridized carbons (Fsp3) is 0.667. The van der Waals surface area contributed by atoms with Gasteiger partial charge in [0.05, 0.1) is 10.6 Å². The summed E-state index contributed by atoms with van der Waals surface area (Å²) < 4.78 is 28.1. The normalized spacial score (nSPS) is 23.2. The molecule has 3 aliphatic rings. The van der Waals surface area contributed by atoms with Gasteiger partial charge in [-0.15, -0.1) is 11.8 Å². The van der Waals surface area contributed by atoms with E-state index in [1.807, 2.05) is 14.0 Å². The van der Waals surface area contributed by atoms with Gasteiger partial charge in [-0.1, -0.05) is 32.6 Å². The van der Waals surface area contributed by atoms with Gasteiger partial charge in [0.1, 0.15) is 6.54 Å². The number of hydrogen-bond donors (Lipinski definition) is 0. The predicted molar refractivity (Wildman–Crippen MR) is 131 cm³/mol. The zero-order valence-electron chi connectivity index (χ0n) is 19.7. The maximum atomic E-state index is 13.3. The van der Waals surface area contributed by atoms with Crippen molar-refractivity contribution in [1.82, 2.24) is 9.21 Å². The molecule has 2 heterocycles. The van der Waals surface area contributed by atoms with Gasteiger partial charge in [0.15, 0.2) is 0 Å². The van der Waals surface area contributed by atoms with E-state index in [1.165, 1.54) is 11.3 Å². The summed E-state index contributed by atoms with van der Waals surface area (Å²) in [5.74, 6) is -0.225. The summed E-state index contributed by atoms with van der Waals surface area (Å²) in [6.45, 7) is 2.99. The van der Waals surface area contributed by atoms with Gasteiger partial charge in [-0.25, -0.2) is 8.42 Å². The highest BCUT2D eigenvalue weighted by Gasteiger charge is 2.33. The monoisotopic (exact) mass is 493 g/mol. The molecule has 0 spiro atoms. The Morgan fingerprint density at radius 2 is 1.76 bits per heavy atom. The maximum absolute atomic E-state index is 13.3. The molecule has 1 saturated heterocycles. The standard InChI is InChI=1S/C24H35N3O4S2/c1-18-15-23(28)27(17-24(29)25(2)19-9-5-3-6-10-19)21-16-20(11-12-22(21)32-18)33(30,31)26-13-7-4-8-14-26/h11-12,16,18-19H,3-10,13-15,17H2,1-2H3/t18-/m1/s1. The summed E-state index contributed by atoms with van der Waals surface area (Å²) in [4.78, 5) is 30.7. The van der Waals surface area contributed by atoms with Crippen LogP contribution >= 0.6 is 11.8 Å². The second-order valence-electron chi connectivity index (χ2n) is 9.50. The minimum absolute atomic E-state index is 0.0528. The van der Waals surface area contributed by atoms with Gasteiger partial charge in [-0.05, 0) is 43.9 Å². The molecule has 2 aliphatic heterocycles. The zero-order valence-corrected chi connectivity index (χ0v) is 21.3. The molecule has 9 heteroatoms. The second kappa shape index (κ2) is 10.4. The minimum atomic E-state index is -3.63. The van der Waals surface area contributed by atoms with Crippen molar-refractivity contribution in [3.05, 3.63) is 18.2 Å². The Morgan fingerprint density at radius 1 is 1.09 bits per heavy atom. The van der Waals surface area contributed by atoms with E-state index >= 15 is 0 Å². The first-order chi connectivity index (χ1) is 15.8. The van der Waals surface area contributed by atoms with E-state index in [2.05, 4.69) is 0 Å². The third-order valence-corrected chi connectivity index (χ3v) is 10.1. The van der Waals surface area contributed by atoms with Crippen LogP contribution in [0.15, 0.2) is 28.0 Å². The summed E-state index contributed by atoms with van der Waals surface area (Å²) in [5.41, 5.74) is 0.540. The molecule has 0 aromatic heterocycles. The van der Waals surface area contributed by atoms with Crippen molar-refractivity contribution in [2.75, 3.05) is 31.6 Å². The van der Waals surface area contributed by atoms with Crippen molar-refractivity contribution < 1.29 is 18.0 Å². The molecule has 0 N–H and O–H groups in total. The topological polar surface area (TPSA) is 78.0 Å². The van der Waals surface area contributed by atoms with Gasteiger partial charge in [-0.2, -0.15) is 4.31 Å². The average Bonchev–Trinajstić information content (AvgIpc) is 2.94. The van der Waals surface area contributed by atoms with Crippen molar-refractivity contribution in [2.24, 2.45) is 0 Å². The van der Waals surface area contributed by atoms with Crippen LogP contribution in [-0.2, 0) is 19.6 Å². The Morgan fingerprint density at radius 3 is 2.45 bits per heavy atom. The SMILES string of the molecule is C[C@@H]1CC(=O)N(CC(=O)N(C)C2CCCCC2)c2cc(S(=O)(=O)N3CCCCC3)ccc2S1. The van der Waals surface area contributed by atoms with E-state index in [0.29, 0.717) is 25.2 Å². The number of rotatable bonds is 5. The summed E-state index contributed by atoms with van der Waals surface area (Å²) >= 11 is 1.56. The third-order valence-electron chi connectivity index (χ3n) is 7.07. The van der Waals surface area contributed by atoms with E-state index in [9.17, 15) is 18.0 Å². The lowest BCUT2D eigenvalue weighted by Crippen LogP contribution is -2.46. The fourth-order valence-corrected chi connectivity index (χ4v) is 7.70. The number of benzene rings is 1. The number of amides is 2. The van der Waals surface area contributed by atoms with E-state index in [0.717, 1.165) is 49.8 Å². The van der Waals surface area contributed by atoms with E-state index < -0.39 is 10.0 Å². The Bertz CT molecular complexity index is 985. The van der Waals surface area contributed by atoms with Gasteiger partial charge in [0, 0.05) is 42.7 Å². The Hall–Kier alpha value is -1.58. The number of likely N-dealkylation sites (N-methyl/N-ethyl adjacent to an activating group) is 1. The maximum Gasteiger partial charge on any atom is 0.243 e. The molecule has 0 radical (unpaired) electrons. The third kappa shape index (κ3) is 5.41. The molecule has 182 valence electrons. The van der Waals surface area contributed by atoms with Crippen molar-refractivity contribution in [3.63, 3.8) is 0 Å². The van der Waals surface area contributed by atoms with Crippen LogP contribution in [0.1, 0.15) is 64.7 Å². The number of hydrogen-bond acceptors (Lipinski definition) is 5. The van der Waals surface area contributed by atoms with Crippen LogP contribution in [0, 0.1) is 0 Å². The molecule has 33 heavy (non-hydrogen) atoms. The summed E-state index contributed by atoms with van der Waals surface area (Å²) in [6, 6.07) is 5.27. The Balaban J connectivity index is 1.63. The van der Waals surface area contributed by atoms with Crippen LogP contribution < -0.4 is 4.90 Å². The van der Waals surface area contributed by atoms with Gasteiger partial charge < -0.3 is 9.80 Å². The highest BCUT2D eigenvalue weighted by Crippen LogP contribution is 2.40.